The van der Waals surface area contributed by atoms with Crippen molar-refractivity contribution >= 4 is 18.2 Å². The SMILES string of the molecule is CN(C)[C@H]1CC[C@@H]2C(C)(C)C(=O)C(C#N)=C[C@]2(C)C1.Cl. The van der Waals surface area contributed by atoms with Crippen LogP contribution in [0.2, 0.25) is 0 Å². The summed E-state index contributed by atoms with van der Waals surface area (Å²) in [5.41, 5.74) is -0.0789. The maximum Gasteiger partial charge on any atom is 0.178 e. The van der Waals surface area contributed by atoms with Crippen LogP contribution in [0.4, 0.5) is 0 Å². The average molecular weight is 297 g/mol. The maximum absolute atomic E-state index is 12.4. The highest BCUT2D eigenvalue weighted by atomic mass is 35.5. The third-order valence-electron chi connectivity index (χ3n) is 5.29. The summed E-state index contributed by atoms with van der Waals surface area (Å²) < 4.78 is 0. The van der Waals surface area contributed by atoms with E-state index in [1.807, 2.05) is 19.9 Å². The summed E-state index contributed by atoms with van der Waals surface area (Å²) >= 11 is 0. The lowest BCUT2D eigenvalue weighted by Gasteiger charge is -2.53. The Balaban J connectivity index is 0.00000200. The minimum Gasteiger partial charge on any atom is -0.306 e. The largest absolute Gasteiger partial charge is 0.306 e. The molecule has 0 spiro atoms. The number of fused-ring (bicyclic) bond motifs is 1. The lowest BCUT2D eigenvalue weighted by molar-refractivity contribution is -0.131. The molecule has 4 heteroatoms. The molecule has 112 valence electrons. The Bertz CT molecular complexity index is 475. The number of halogens is 1. The number of hydrogen-bond acceptors (Lipinski definition) is 3. The fourth-order valence-electron chi connectivity index (χ4n) is 4.21. The fourth-order valence-corrected chi connectivity index (χ4v) is 4.21. The van der Waals surface area contributed by atoms with Gasteiger partial charge in [-0.1, -0.05) is 26.8 Å². The van der Waals surface area contributed by atoms with Crippen LogP contribution in [0.25, 0.3) is 0 Å². The van der Waals surface area contributed by atoms with Gasteiger partial charge in [-0.3, -0.25) is 4.79 Å². The maximum atomic E-state index is 12.4. The van der Waals surface area contributed by atoms with Gasteiger partial charge in [0.05, 0.1) is 5.57 Å². The van der Waals surface area contributed by atoms with E-state index in [1.165, 1.54) is 0 Å². The molecular weight excluding hydrogens is 272 g/mol. The smallest absolute Gasteiger partial charge is 0.178 e. The molecule has 0 heterocycles. The second-order valence-corrected chi connectivity index (χ2v) is 7.18. The van der Waals surface area contributed by atoms with E-state index in [1.54, 1.807) is 0 Å². The van der Waals surface area contributed by atoms with Crippen molar-refractivity contribution < 1.29 is 4.79 Å². The van der Waals surface area contributed by atoms with Crippen LogP contribution in [-0.4, -0.2) is 30.8 Å². The summed E-state index contributed by atoms with van der Waals surface area (Å²) in [5.74, 6) is 0.376. The molecular formula is C16H25ClN2O. The molecule has 0 unspecified atom stereocenters. The first-order valence-corrected chi connectivity index (χ1v) is 7.06. The van der Waals surface area contributed by atoms with Gasteiger partial charge in [0, 0.05) is 11.5 Å². The molecule has 20 heavy (non-hydrogen) atoms. The number of carbonyl (C=O) groups is 1. The molecule has 2 aliphatic carbocycles. The third kappa shape index (κ3) is 2.52. The number of ketones is 1. The first-order chi connectivity index (χ1) is 8.72. The molecule has 2 rings (SSSR count). The van der Waals surface area contributed by atoms with E-state index in [2.05, 4.69) is 32.0 Å². The van der Waals surface area contributed by atoms with Gasteiger partial charge in [-0.25, -0.2) is 0 Å². The Hall–Kier alpha value is -0.850. The minimum atomic E-state index is -0.411. The second kappa shape index (κ2) is 5.50. The van der Waals surface area contributed by atoms with Crippen molar-refractivity contribution in [3.05, 3.63) is 11.6 Å². The zero-order valence-electron chi connectivity index (χ0n) is 13.1. The van der Waals surface area contributed by atoms with Crippen LogP contribution in [-0.2, 0) is 4.79 Å². The highest BCUT2D eigenvalue weighted by Gasteiger charge is 2.53. The predicted molar refractivity (Wildman–Crippen MR) is 82.7 cm³/mol. The third-order valence-corrected chi connectivity index (χ3v) is 5.29. The Morgan fingerprint density at radius 3 is 2.40 bits per heavy atom. The highest BCUT2D eigenvalue weighted by molar-refractivity contribution is 6.04. The molecule has 0 aliphatic heterocycles. The summed E-state index contributed by atoms with van der Waals surface area (Å²) in [6.45, 7) is 6.25. The van der Waals surface area contributed by atoms with Crippen LogP contribution >= 0.6 is 12.4 Å². The molecule has 0 radical (unpaired) electrons. The van der Waals surface area contributed by atoms with Crippen molar-refractivity contribution in [2.45, 2.75) is 46.1 Å². The van der Waals surface area contributed by atoms with Crippen LogP contribution in [0.1, 0.15) is 40.0 Å². The summed E-state index contributed by atoms with van der Waals surface area (Å²) in [4.78, 5) is 14.7. The number of nitrogens with zero attached hydrogens (tertiary/aromatic N) is 2. The van der Waals surface area contributed by atoms with Crippen molar-refractivity contribution in [3.8, 4) is 6.07 Å². The van der Waals surface area contributed by atoms with Crippen LogP contribution in [0.3, 0.4) is 0 Å². The molecule has 0 aromatic rings. The van der Waals surface area contributed by atoms with Gasteiger partial charge in [-0.2, -0.15) is 5.26 Å². The van der Waals surface area contributed by atoms with Crippen molar-refractivity contribution in [1.29, 1.82) is 5.26 Å². The van der Waals surface area contributed by atoms with Gasteiger partial charge in [0.2, 0.25) is 0 Å². The van der Waals surface area contributed by atoms with Crippen molar-refractivity contribution in [1.82, 2.24) is 4.90 Å². The van der Waals surface area contributed by atoms with E-state index in [9.17, 15) is 10.1 Å². The molecule has 1 saturated carbocycles. The molecule has 3 atom stereocenters. The summed E-state index contributed by atoms with van der Waals surface area (Å²) in [7, 11) is 4.23. The molecule has 0 amide bonds. The highest BCUT2D eigenvalue weighted by Crippen LogP contribution is 2.55. The van der Waals surface area contributed by atoms with Crippen molar-refractivity contribution in [2.75, 3.05) is 14.1 Å². The summed E-state index contributed by atoms with van der Waals surface area (Å²) in [5, 5.41) is 9.22. The van der Waals surface area contributed by atoms with Crippen LogP contribution < -0.4 is 0 Å². The van der Waals surface area contributed by atoms with E-state index in [0.29, 0.717) is 17.5 Å². The summed E-state index contributed by atoms with van der Waals surface area (Å²) in [6, 6.07) is 2.65. The van der Waals surface area contributed by atoms with Gasteiger partial charge >= 0.3 is 0 Å². The zero-order chi connectivity index (χ0) is 14.4. The van der Waals surface area contributed by atoms with Crippen LogP contribution in [0.15, 0.2) is 11.6 Å². The van der Waals surface area contributed by atoms with Gasteiger partial charge in [0.25, 0.3) is 0 Å². The Labute approximate surface area is 128 Å². The Kier molecular flexibility index (Phi) is 4.73. The van der Waals surface area contributed by atoms with E-state index in [4.69, 9.17) is 0 Å². The van der Waals surface area contributed by atoms with Gasteiger partial charge in [-0.05, 0) is 44.7 Å². The Morgan fingerprint density at radius 1 is 1.30 bits per heavy atom. The van der Waals surface area contributed by atoms with E-state index >= 15 is 0 Å². The number of Topliss-reactive ketones (excluding diaryl/α,β-unsaturated/α-hetero) is 1. The molecule has 3 nitrogen and oxygen atoms in total. The van der Waals surface area contributed by atoms with E-state index in [0.717, 1.165) is 19.3 Å². The number of carbonyl (C=O) groups excluding carboxylic acids is 1. The lowest BCUT2D eigenvalue weighted by Crippen LogP contribution is -2.52. The first kappa shape index (κ1) is 17.2. The number of hydrogen-bond donors (Lipinski definition) is 0. The van der Waals surface area contributed by atoms with Gasteiger partial charge in [-0.15, -0.1) is 12.4 Å². The molecule has 0 aromatic heterocycles. The van der Waals surface area contributed by atoms with Crippen molar-refractivity contribution in [3.63, 3.8) is 0 Å². The summed E-state index contributed by atoms with van der Waals surface area (Å²) in [6.07, 6.45) is 5.19. The number of nitriles is 1. The predicted octanol–water partition coefficient (Wildman–Crippen LogP) is 3.20. The fraction of sp³-hybridized carbons (Fsp3) is 0.750. The normalized spacial score (nSPS) is 35.6. The second-order valence-electron chi connectivity index (χ2n) is 7.18. The lowest BCUT2D eigenvalue weighted by atomic mass is 9.52. The quantitative estimate of drug-likeness (QED) is 0.746. The van der Waals surface area contributed by atoms with Crippen LogP contribution in [0.5, 0.6) is 0 Å². The first-order valence-electron chi connectivity index (χ1n) is 7.06. The zero-order valence-corrected chi connectivity index (χ0v) is 13.9. The molecule has 0 aromatic carbocycles. The monoisotopic (exact) mass is 296 g/mol. The van der Waals surface area contributed by atoms with E-state index < -0.39 is 5.41 Å². The average Bonchev–Trinajstić information content (AvgIpc) is 2.33. The number of rotatable bonds is 1. The van der Waals surface area contributed by atoms with Gasteiger partial charge < -0.3 is 4.90 Å². The topological polar surface area (TPSA) is 44.1 Å². The van der Waals surface area contributed by atoms with Crippen LogP contribution in [0, 0.1) is 28.1 Å². The molecule has 0 N–H and O–H groups in total. The van der Waals surface area contributed by atoms with Gasteiger partial charge in [0.15, 0.2) is 5.78 Å². The Morgan fingerprint density at radius 2 is 1.90 bits per heavy atom. The van der Waals surface area contributed by atoms with Gasteiger partial charge in [0.1, 0.15) is 6.07 Å². The molecule has 2 aliphatic rings. The molecule has 1 fully saturated rings. The van der Waals surface area contributed by atoms with E-state index in [-0.39, 0.29) is 23.6 Å². The number of allylic oxidation sites excluding steroid dienone is 2. The minimum absolute atomic E-state index is 0. The molecule has 0 saturated heterocycles. The van der Waals surface area contributed by atoms with Crippen molar-refractivity contribution in [2.24, 2.45) is 16.7 Å². The standard InChI is InChI=1S/C16H24N2O.ClH/c1-15(2)13-7-6-12(18(4)5)9-16(13,3)8-11(10-17)14(15)19;/h8,12-13H,6-7,9H2,1-5H3;1H/t12-,13+,16+;/m0./s1. The molecule has 0 bridgehead atoms.